The lowest BCUT2D eigenvalue weighted by molar-refractivity contribution is -0.116. The number of benzene rings is 5. The molecule has 224 valence electrons. The van der Waals surface area contributed by atoms with Crippen molar-refractivity contribution in [2.75, 3.05) is 10.6 Å². The van der Waals surface area contributed by atoms with Crippen molar-refractivity contribution < 1.29 is 14.4 Å². The number of carbonyl (C=O) groups is 3. The summed E-state index contributed by atoms with van der Waals surface area (Å²) < 4.78 is 0. The van der Waals surface area contributed by atoms with Crippen LogP contribution in [0.2, 0.25) is 10.0 Å². The fraction of sp³-hybridized carbons (Fsp3) is 0.0278. The van der Waals surface area contributed by atoms with Crippen LogP contribution in [0.1, 0.15) is 26.7 Å². The quantitative estimate of drug-likeness (QED) is 0.104. The summed E-state index contributed by atoms with van der Waals surface area (Å²) in [6, 6.07) is 39.2. The van der Waals surface area contributed by atoms with Gasteiger partial charge in [0.2, 0.25) is 5.91 Å². The van der Waals surface area contributed by atoms with Crippen molar-refractivity contribution in [2.24, 2.45) is 0 Å². The van der Waals surface area contributed by atoms with Crippen LogP contribution in [0, 0.1) is 0 Å². The smallest absolute Gasteiger partial charge is 0.272 e. The van der Waals surface area contributed by atoms with E-state index in [9.17, 15) is 14.4 Å². The van der Waals surface area contributed by atoms with E-state index in [1.807, 2.05) is 36.4 Å². The Hall–Kier alpha value is -4.82. The molecule has 3 N–H and O–H groups in total. The lowest BCUT2D eigenvalue weighted by Gasteiger charge is -2.18. The van der Waals surface area contributed by atoms with Crippen LogP contribution in [0.4, 0.5) is 11.4 Å². The van der Waals surface area contributed by atoms with Crippen LogP contribution in [-0.4, -0.2) is 17.7 Å². The van der Waals surface area contributed by atoms with Crippen molar-refractivity contribution >= 4 is 70.1 Å². The standard InChI is InChI=1S/C36H27Cl2N3O3S/c37-27-16-9-17-28(22-27)40-36(44)33(24-11-3-1-4-12-24)45-30-19-10-18-29(23-30)39-35(43)32(21-26-15-7-8-20-31(26)38)41-34(42)25-13-5-2-6-14-25/h1-23,33H,(H,39,43)(H,40,44)(H,41,42)/b32-21+. The van der Waals surface area contributed by atoms with Crippen molar-refractivity contribution in [3.05, 3.63) is 166 Å². The third kappa shape index (κ3) is 8.86. The van der Waals surface area contributed by atoms with Crippen LogP contribution in [0.3, 0.4) is 0 Å². The van der Waals surface area contributed by atoms with Crippen LogP contribution in [0.15, 0.2) is 144 Å². The molecule has 0 aliphatic carbocycles. The molecule has 1 atom stereocenters. The van der Waals surface area contributed by atoms with Gasteiger partial charge in [-0.3, -0.25) is 14.4 Å². The number of nitrogens with one attached hydrogen (secondary N) is 3. The number of halogens is 2. The van der Waals surface area contributed by atoms with Crippen molar-refractivity contribution in [3.63, 3.8) is 0 Å². The number of rotatable bonds is 10. The molecule has 0 aliphatic rings. The summed E-state index contributed by atoms with van der Waals surface area (Å²) >= 11 is 13.8. The average molecular weight is 653 g/mol. The zero-order chi connectivity index (χ0) is 31.6. The minimum absolute atomic E-state index is 0.0121. The highest BCUT2D eigenvalue weighted by Crippen LogP contribution is 2.37. The van der Waals surface area contributed by atoms with Gasteiger partial charge in [0, 0.05) is 31.9 Å². The number of carbonyl (C=O) groups excluding carboxylic acids is 3. The van der Waals surface area contributed by atoms with Gasteiger partial charge in [0.05, 0.1) is 0 Å². The van der Waals surface area contributed by atoms with Crippen LogP contribution < -0.4 is 16.0 Å². The van der Waals surface area contributed by atoms with E-state index in [1.165, 1.54) is 17.8 Å². The molecule has 0 aliphatic heterocycles. The number of amides is 3. The Bertz CT molecular complexity index is 1850. The maximum Gasteiger partial charge on any atom is 0.272 e. The third-order valence-electron chi connectivity index (χ3n) is 6.51. The van der Waals surface area contributed by atoms with Crippen molar-refractivity contribution in [1.29, 1.82) is 0 Å². The molecule has 0 spiro atoms. The number of thioether (sulfide) groups is 1. The normalized spacial score (nSPS) is 11.7. The summed E-state index contributed by atoms with van der Waals surface area (Å²) in [5.74, 6) is -1.21. The predicted molar refractivity (Wildman–Crippen MR) is 184 cm³/mol. The summed E-state index contributed by atoms with van der Waals surface area (Å²) in [6.45, 7) is 0. The van der Waals surface area contributed by atoms with Gasteiger partial charge < -0.3 is 16.0 Å². The van der Waals surface area contributed by atoms with Crippen molar-refractivity contribution in [2.45, 2.75) is 10.1 Å². The summed E-state index contributed by atoms with van der Waals surface area (Å²) in [5.41, 5.74) is 2.86. The highest BCUT2D eigenvalue weighted by atomic mass is 35.5. The average Bonchev–Trinajstić information content (AvgIpc) is 3.05. The molecule has 0 aromatic heterocycles. The summed E-state index contributed by atoms with van der Waals surface area (Å²) in [4.78, 5) is 40.8. The number of anilines is 2. The Balaban J connectivity index is 1.38. The molecular formula is C36H27Cl2N3O3S. The van der Waals surface area contributed by atoms with Gasteiger partial charge in [0.1, 0.15) is 10.9 Å². The van der Waals surface area contributed by atoms with E-state index in [1.54, 1.807) is 97.1 Å². The first-order valence-corrected chi connectivity index (χ1v) is 15.5. The third-order valence-corrected chi connectivity index (χ3v) is 8.34. The fourth-order valence-corrected chi connectivity index (χ4v) is 5.81. The maximum atomic E-state index is 13.6. The maximum absolute atomic E-state index is 13.6. The zero-order valence-corrected chi connectivity index (χ0v) is 26.1. The highest BCUT2D eigenvalue weighted by Gasteiger charge is 2.23. The summed E-state index contributed by atoms with van der Waals surface area (Å²) in [7, 11) is 0. The molecule has 1 unspecified atom stereocenters. The molecule has 0 saturated carbocycles. The molecular weight excluding hydrogens is 625 g/mol. The molecule has 0 bridgehead atoms. The molecule has 5 aromatic carbocycles. The van der Waals surface area contributed by atoms with Crippen LogP contribution >= 0.6 is 35.0 Å². The Morgan fingerprint density at radius 3 is 2.02 bits per heavy atom. The Morgan fingerprint density at radius 2 is 1.31 bits per heavy atom. The van der Waals surface area contributed by atoms with Gasteiger partial charge in [-0.25, -0.2) is 0 Å². The molecule has 0 fully saturated rings. The Morgan fingerprint density at radius 1 is 0.667 bits per heavy atom. The molecule has 0 heterocycles. The summed E-state index contributed by atoms with van der Waals surface area (Å²) in [6.07, 6.45) is 1.53. The SMILES string of the molecule is O=C(Nc1cccc(SC(C(=O)Nc2cccc(Cl)c2)c2ccccc2)c1)/C(=C\c1ccccc1Cl)NC(=O)c1ccccc1. The second kappa shape index (κ2) is 15.3. The molecule has 5 aromatic rings. The van der Waals surface area contributed by atoms with Crippen molar-refractivity contribution in [3.8, 4) is 0 Å². The van der Waals surface area contributed by atoms with Gasteiger partial charge in [-0.05, 0) is 71.8 Å². The topological polar surface area (TPSA) is 87.3 Å². The first-order chi connectivity index (χ1) is 21.9. The van der Waals surface area contributed by atoms with E-state index >= 15 is 0 Å². The molecule has 3 amide bonds. The minimum Gasteiger partial charge on any atom is -0.325 e. The monoisotopic (exact) mass is 651 g/mol. The molecule has 0 radical (unpaired) electrons. The minimum atomic E-state index is -0.600. The number of hydrogen-bond donors (Lipinski definition) is 3. The second-order valence-corrected chi connectivity index (χ2v) is 11.8. The fourth-order valence-electron chi connectivity index (χ4n) is 4.35. The van der Waals surface area contributed by atoms with Crippen LogP contribution in [-0.2, 0) is 9.59 Å². The zero-order valence-electron chi connectivity index (χ0n) is 23.7. The van der Waals surface area contributed by atoms with E-state index in [0.717, 1.165) is 10.5 Å². The lowest BCUT2D eigenvalue weighted by Crippen LogP contribution is -2.30. The first kappa shape index (κ1) is 31.6. The summed E-state index contributed by atoms with van der Waals surface area (Å²) in [5, 5.41) is 8.89. The van der Waals surface area contributed by atoms with E-state index < -0.39 is 17.1 Å². The lowest BCUT2D eigenvalue weighted by atomic mass is 10.1. The van der Waals surface area contributed by atoms with Gasteiger partial charge in [0.15, 0.2) is 0 Å². The molecule has 0 saturated heterocycles. The first-order valence-electron chi connectivity index (χ1n) is 13.9. The molecule has 6 nitrogen and oxygen atoms in total. The van der Waals surface area contributed by atoms with E-state index in [4.69, 9.17) is 23.2 Å². The van der Waals surface area contributed by atoms with E-state index in [2.05, 4.69) is 16.0 Å². The largest absolute Gasteiger partial charge is 0.325 e. The van der Waals surface area contributed by atoms with Gasteiger partial charge in [-0.1, -0.05) is 102 Å². The Kier molecular flexibility index (Phi) is 10.7. The van der Waals surface area contributed by atoms with Gasteiger partial charge in [0.25, 0.3) is 11.8 Å². The predicted octanol–water partition coefficient (Wildman–Crippen LogP) is 8.88. The molecule has 5 rings (SSSR count). The van der Waals surface area contributed by atoms with Crippen LogP contribution in [0.25, 0.3) is 6.08 Å². The Labute approximate surface area is 275 Å². The van der Waals surface area contributed by atoms with E-state index in [-0.39, 0.29) is 11.6 Å². The second-order valence-electron chi connectivity index (χ2n) is 9.79. The van der Waals surface area contributed by atoms with Gasteiger partial charge in [-0.2, -0.15) is 0 Å². The van der Waals surface area contributed by atoms with Crippen LogP contribution in [0.5, 0.6) is 0 Å². The number of hydrogen-bond acceptors (Lipinski definition) is 4. The van der Waals surface area contributed by atoms with E-state index in [0.29, 0.717) is 32.5 Å². The van der Waals surface area contributed by atoms with Gasteiger partial charge in [-0.15, -0.1) is 11.8 Å². The molecule has 9 heteroatoms. The van der Waals surface area contributed by atoms with Gasteiger partial charge >= 0.3 is 0 Å². The molecule has 45 heavy (non-hydrogen) atoms. The van der Waals surface area contributed by atoms with Crippen molar-refractivity contribution in [1.82, 2.24) is 5.32 Å². The highest BCUT2D eigenvalue weighted by molar-refractivity contribution is 8.00.